The summed E-state index contributed by atoms with van der Waals surface area (Å²) in [6.45, 7) is 9.39. The van der Waals surface area contributed by atoms with Crippen molar-refractivity contribution < 1.29 is 19.7 Å². The molecule has 0 aliphatic heterocycles. The molecule has 1 rings (SSSR count). The van der Waals surface area contributed by atoms with Gasteiger partial charge < -0.3 is 20.3 Å². The molecular formula is C17H27NO4. The van der Waals surface area contributed by atoms with Gasteiger partial charge in [-0.05, 0) is 57.7 Å². The van der Waals surface area contributed by atoms with Crippen LogP contribution < -0.4 is 5.32 Å². The fourth-order valence-corrected chi connectivity index (χ4v) is 2.28. The van der Waals surface area contributed by atoms with E-state index in [2.05, 4.69) is 5.32 Å². The van der Waals surface area contributed by atoms with E-state index in [1.807, 2.05) is 32.0 Å². The van der Waals surface area contributed by atoms with Crippen LogP contribution in [0.25, 0.3) is 0 Å². The molecule has 5 heteroatoms. The number of hydrogen-bond acceptors (Lipinski definition) is 4. The zero-order valence-electron chi connectivity index (χ0n) is 14.0. The van der Waals surface area contributed by atoms with E-state index in [1.54, 1.807) is 20.8 Å². The average Bonchev–Trinajstić information content (AvgIpc) is 2.35. The second-order valence-electron chi connectivity index (χ2n) is 6.54. The second-order valence-corrected chi connectivity index (χ2v) is 6.54. The van der Waals surface area contributed by atoms with E-state index in [1.165, 1.54) is 0 Å². The number of nitrogens with one attached hydrogen (secondary N) is 1. The van der Waals surface area contributed by atoms with Gasteiger partial charge in [0.2, 0.25) is 0 Å². The Kier molecular flexibility index (Phi) is 6.38. The van der Waals surface area contributed by atoms with Gasteiger partial charge >= 0.3 is 6.09 Å². The largest absolute Gasteiger partial charge is 0.444 e. The molecule has 0 fully saturated rings. The topological polar surface area (TPSA) is 78.8 Å². The first-order chi connectivity index (χ1) is 10.1. The molecule has 3 N–H and O–H groups in total. The number of aliphatic hydroxyl groups excluding tert-OH is 2. The van der Waals surface area contributed by atoms with E-state index in [0.29, 0.717) is 0 Å². The van der Waals surface area contributed by atoms with Crippen molar-refractivity contribution in [2.24, 2.45) is 0 Å². The molecule has 0 aromatic heterocycles. The molecule has 0 saturated heterocycles. The number of rotatable bonds is 5. The normalized spacial score (nSPS) is 14.3. The maximum atomic E-state index is 11.5. The van der Waals surface area contributed by atoms with Gasteiger partial charge in [-0.2, -0.15) is 0 Å². The minimum atomic E-state index is -0.971. The number of aliphatic hydroxyl groups is 2. The first kappa shape index (κ1) is 18.5. The van der Waals surface area contributed by atoms with E-state index in [9.17, 15) is 15.0 Å². The summed E-state index contributed by atoms with van der Waals surface area (Å²) < 4.78 is 5.11. The fraction of sp³-hybridized carbons (Fsp3) is 0.588. The number of carbonyl (C=O) groups excluding carboxylic acids is 1. The van der Waals surface area contributed by atoms with Crippen LogP contribution in [-0.4, -0.2) is 34.6 Å². The van der Waals surface area contributed by atoms with Crippen LogP contribution in [-0.2, 0) is 4.74 Å². The molecule has 1 aromatic carbocycles. The summed E-state index contributed by atoms with van der Waals surface area (Å²) in [5.74, 6) is 0. The van der Waals surface area contributed by atoms with E-state index < -0.39 is 23.9 Å². The molecule has 0 saturated carbocycles. The van der Waals surface area contributed by atoms with Crippen molar-refractivity contribution >= 4 is 6.09 Å². The van der Waals surface area contributed by atoms with Gasteiger partial charge in [-0.1, -0.05) is 18.2 Å². The second kappa shape index (κ2) is 7.61. The van der Waals surface area contributed by atoms with Gasteiger partial charge in [0.15, 0.2) is 0 Å². The maximum absolute atomic E-state index is 11.5. The maximum Gasteiger partial charge on any atom is 0.407 e. The van der Waals surface area contributed by atoms with Crippen molar-refractivity contribution in [3.05, 3.63) is 34.9 Å². The van der Waals surface area contributed by atoms with E-state index in [4.69, 9.17) is 4.74 Å². The van der Waals surface area contributed by atoms with Crippen LogP contribution >= 0.6 is 0 Å². The lowest BCUT2D eigenvalue weighted by atomic mass is 9.94. The molecule has 0 bridgehead atoms. The molecule has 2 unspecified atom stereocenters. The molecule has 5 nitrogen and oxygen atoms in total. The number of alkyl carbamates (subject to hydrolysis) is 1. The van der Waals surface area contributed by atoms with Gasteiger partial charge in [0.05, 0.1) is 6.10 Å². The quantitative estimate of drug-likeness (QED) is 0.781. The van der Waals surface area contributed by atoms with Gasteiger partial charge in [0.1, 0.15) is 11.7 Å². The summed E-state index contributed by atoms with van der Waals surface area (Å²) in [7, 11) is 0. The van der Waals surface area contributed by atoms with Gasteiger partial charge in [-0.25, -0.2) is 4.79 Å². The molecule has 0 aliphatic rings. The number of aryl methyl sites for hydroxylation is 2. The average molecular weight is 309 g/mol. The molecule has 0 radical (unpaired) electrons. The van der Waals surface area contributed by atoms with Crippen molar-refractivity contribution in [1.29, 1.82) is 0 Å². The van der Waals surface area contributed by atoms with Crippen molar-refractivity contribution in [1.82, 2.24) is 5.32 Å². The first-order valence-electron chi connectivity index (χ1n) is 7.51. The van der Waals surface area contributed by atoms with E-state index in [-0.39, 0.29) is 13.0 Å². The molecule has 124 valence electrons. The predicted octanol–water partition coefficient (Wildman–Crippen LogP) is 2.61. The lowest BCUT2D eigenvalue weighted by Crippen LogP contribution is -2.34. The molecule has 0 heterocycles. The molecule has 22 heavy (non-hydrogen) atoms. The third-order valence-corrected chi connectivity index (χ3v) is 3.31. The zero-order chi connectivity index (χ0) is 16.9. The molecule has 0 aliphatic carbocycles. The summed E-state index contributed by atoms with van der Waals surface area (Å²) in [5, 5.41) is 23.0. The minimum Gasteiger partial charge on any atom is -0.444 e. The van der Waals surface area contributed by atoms with Crippen LogP contribution in [0.3, 0.4) is 0 Å². The number of benzene rings is 1. The number of ether oxygens (including phenoxy) is 1. The Morgan fingerprint density at radius 1 is 1.23 bits per heavy atom. The van der Waals surface area contributed by atoms with Crippen LogP contribution in [0.15, 0.2) is 18.2 Å². The summed E-state index contributed by atoms with van der Waals surface area (Å²) in [6.07, 6.45) is -2.20. The molecule has 0 spiro atoms. The van der Waals surface area contributed by atoms with Crippen molar-refractivity contribution in [2.45, 2.75) is 58.8 Å². The Labute approximate surface area is 132 Å². The highest BCUT2D eigenvalue weighted by atomic mass is 16.6. The predicted molar refractivity (Wildman–Crippen MR) is 85.7 cm³/mol. The van der Waals surface area contributed by atoms with Crippen LogP contribution in [0.5, 0.6) is 0 Å². The highest BCUT2D eigenvalue weighted by Crippen LogP contribution is 2.25. The summed E-state index contributed by atoms with van der Waals surface area (Å²) in [6, 6.07) is 5.71. The van der Waals surface area contributed by atoms with Gasteiger partial charge in [0.25, 0.3) is 0 Å². The van der Waals surface area contributed by atoms with Crippen LogP contribution in [0, 0.1) is 13.8 Å². The summed E-state index contributed by atoms with van der Waals surface area (Å²) >= 11 is 0. The third-order valence-electron chi connectivity index (χ3n) is 3.31. The van der Waals surface area contributed by atoms with Crippen LogP contribution in [0.4, 0.5) is 4.79 Å². The highest BCUT2D eigenvalue weighted by Gasteiger charge is 2.22. The van der Waals surface area contributed by atoms with E-state index >= 15 is 0 Å². The summed E-state index contributed by atoms with van der Waals surface area (Å²) in [4.78, 5) is 11.5. The zero-order valence-corrected chi connectivity index (χ0v) is 14.0. The number of carbonyl (C=O) groups is 1. The Bertz CT molecular complexity index is 488. The van der Waals surface area contributed by atoms with Crippen molar-refractivity contribution in [3.8, 4) is 0 Å². The van der Waals surface area contributed by atoms with Crippen LogP contribution in [0.1, 0.15) is 50.0 Å². The van der Waals surface area contributed by atoms with Crippen molar-refractivity contribution in [3.63, 3.8) is 0 Å². The SMILES string of the molecule is Cc1cccc(C)c1C(O)C(O)CCNC(=O)OC(C)(C)C. The minimum absolute atomic E-state index is 0.234. The Morgan fingerprint density at radius 3 is 2.27 bits per heavy atom. The van der Waals surface area contributed by atoms with Gasteiger partial charge in [-0.15, -0.1) is 0 Å². The molecule has 1 aromatic rings. The van der Waals surface area contributed by atoms with E-state index in [0.717, 1.165) is 16.7 Å². The lowest BCUT2D eigenvalue weighted by molar-refractivity contribution is 0.0116. The van der Waals surface area contributed by atoms with Crippen molar-refractivity contribution in [2.75, 3.05) is 6.54 Å². The Hall–Kier alpha value is -1.59. The summed E-state index contributed by atoms with van der Waals surface area (Å²) in [5.41, 5.74) is 2.06. The fourth-order valence-electron chi connectivity index (χ4n) is 2.28. The molecule has 1 amide bonds. The first-order valence-corrected chi connectivity index (χ1v) is 7.51. The number of amides is 1. The lowest BCUT2D eigenvalue weighted by Gasteiger charge is -2.23. The Morgan fingerprint density at radius 2 is 1.77 bits per heavy atom. The smallest absolute Gasteiger partial charge is 0.407 e. The van der Waals surface area contributed by atoms with Gasteiger partial charge in [-0.3, -0.25) is 0 Å². The molecule has 2 atom stereocenters. The third kappa shape index (κ3) is 5.66. The molecular weight excluding hydrogens is 282 g/mol. The van der Waals surface area contributed by atoms with Crippen LogP contribution in [0.2, 0.25) is 0 Å². The number of hydrogen-bond donors (Lipinski definition) is 3. The highest BCUT2D eigenvalue weighted by molar-refractivity contribution is 5.67. The monoisotopic (exact) mass is 309 g/mol. The van der Waals surface area contributed by atoms with Gasteiger partial charge in [0, 0.05) is 6.54 Å². The standard InChI is InChI=1S/C17H27NO4/c1-11-7-6-8-12(2)14(11)15(20)13(19)9-10-18-16(21)22-17(3,4)5/h6-8,13,15,19-20H,9-10H2,1-5H3,(H,18,21). The Balaban J connectivity index is 2.52.